The molecule has 1 unspecified atom stereocenters. The predicted octanol–water partition coefficient (Wildman–Crippen LogP) is 4.73. The summed E-state index contributed by atoms with van der Waals surface area (Å²) in [5, 5.41) is 3.78. The molecule has 1 aliphatic rings. The third-order valence-electron chi connectivity index (χ3n) is 5.67. The van der Waals surface area contributed by atoms with Gasteiger partial charge in [-0.15, -0.1) is 0 Å². The lowest BCUT2D eigenvalue weighted by atomic mass is 9.88. The third kappa shape index (κ3) is 5.50. The van der Waals surface area contributed by atoms with E-state index in [4.69, 9.17) is 0 Å². The number of carbonyl (C=O) groups is 1. The summed E-state index contributed by atoms with van der Waals surface area (Å²) in [5.74, 6) is -0.233. The number of pyridine rings is 1. The van der Waals surface area contributed by atoms with E-state index in [1.54, 1.807) is 25.1 Å². The lowest BCUT2D eigenvalue weighted by Gasteiger charge is -2.41. The van der Waals surface area contributed by atoms with Crippen molar-refractivity contribution < 1.29 is 13.6 Å². The summed E-state index contributed by atoms with van der Waals surface area (Å²) < 4.78 is 28.0. The maximum Gasteiger partial charge on any atom is 0.253 e. The number of likely N-dealkylation sites (tertiary alicyclic amines) is 1. The number of aromatic nitrogens is 1. The van der Waals surface area contributed by atoms with E-state index in [1.165, 1.54) is 12.3 Å². The molecule has 1 N–H and O–H groups in total. The quantitative estimate of drug-likeness (QED) is 0.758. The Morgan fingerprint density at radius 3 is 2.69 bits per heavy atom. The third-order valence-corrected chi connectivity index (χ3v) is 5.67. The second-order valence-electron chi connectivity index (χ2n) is 9.34. The Balaban J connectivity index is 1.76. The average Bonchev–Trinajstić information content (AvgIpc) is 2.62. The van der Waals surface area contributed by atoms with E-state index >= 15 is 0 Å². The Hall–Kier alpha value is -2.08. The Morgan fingerprint density at radius 2 is 2.03 bits per heavy atom. The van der Waals surface area contributed by atoms with Gasteiger partial charge in [0.15, 0.2) is 0 Å². The maximum atomic E-state index is 14.1. The van der Waals surface area contributed by atoms with Crippen LogP contribution >= 0.6 is 0 Å². The SMILES string of the molecule is CC(C)CC(C)(CN1CCC(C)(F)CC1)NC(=O)c1cnc2c(F)cccc2c1. The van der Waals surface area contributed by atoms with Crippen LogP contribution in [0.2, 0.25) is 0 Å². The number of piperidine rings is 1. The van der Waals surface area contributed by atoms with Gasteiger partial charge >= 0.3 is 0 Å². The van der Waals surface area contributed by atoms with Crippen LogP contribution in [0.25, 0.3) is 10.9 Å². The van der Waals surface area contributed by atoms with Crippen LogP contribution in [0, 0.1) is 11.7 Å². The molecular weight excluding hydrogens is 372 g/mol. The number of rotatable bonds is 6. The molecule has 0 aliphatic carbocycles. The summed E-state index contributed by atoms with van der Waals surface area (Å²) in [4.78, 5) is 19.4. The van der Waals surface area contributed by atoms with Crippen molar-refractivity contribution in [2.45, 2.75) is 58.2 Å². The van der Waals surface area contributed by atoms with Crippen molar-refractivity contribution in [2.24, 2.45) is 5.92 Å². The number of nitrogens with zero attached hydrogens (tertiary/aromatic N) is 2. The first-order chi connectivity index (χ1) is 13.6. The Morgan fingerprint density at radius 1 is 1.34 bits per heavy atom. The minimum absolute atomic E-state index is 0.223. The molecular formula is C23H31F2N3O. The van der Waals surface area contributed by atoms with E-state index in [-0.39, 0.29) is 11.4 Å². The molecule has 1 aliphatic heterocycles. The van der Waals surface area contributed by atoms with E-state index < -0.39 is 17.0 Å². The van der Waals surface area contributed by atoms with Gasteiger partial charge in [0.05, 0.1) is 11.1 Å². The summed E-state index contributed by atoms with van der Waals surface area (Å²) >= 11 is 0. The minimum atomic E-state index is -1.10. The first-order valence-electron chi connectivity index (χ1n) is 10.3. The fourth-order valence-electron chi connectivity index (χ4n) is 4.32. The number of hydrogen-bond acceptors (Lipinski definition) is 3. The minimum Gasteiger partial charge on any atom is -0.346 e. The Kier molecular flexibility index (Phi) is 6.22. The molecule has 158 valence electrons. The lowest BCUT2D eigenvalue weighted by Crippen LogP contribution is -2.56. The molecule has 1 aromatic carbocycles. The van der Waals surface area contributed by atoms with Crippen LogP contribution < -0.4 is 5.32 Å². The van der Waals surface area contributed by atoms with Crippen LogP contribution in [-0.2, 0) is 0 Å². The van der Waals surface area contributed by atoms with Crippen LogP contribution in [0.3, 0.4) is 0 Å². The van der Waals surface area contributed by atoms with E-state index in [0.29, 0.717) is 49.3 Å². The highest BCUT2D eigenvalue weighted by Gasteiger charge is 2.35. The standard InChI is InChI=1S/C23H31F2N3O/c1-16(2)13-23(4,15-28-10-8-22(3,25)9-11-28)27-21(29)18-12-17-6-5-7-19(24)20(17)26-14-18/h5-7,12,14,16H,8-11,13,15H2,1-4H3,(H,27,29). The second kappa shape index (κ2) is 8.34. The molecule has 1 saturated heterocycles. The molecule has 0 radical (unpaired) electrons. The van der Waals surface area contributed by atoms with Gasteiger partial charge in [-0.05, 0) is 51.2 Å². The maximum absolute atomic E-state index is 14.1. The van der Waals surface area contributed by atoms with Crippen molar-refractivity contribution in [1.82, 2.24) is 15.2 Å². The van der Waals surface area contributed by atoms with Gasteiger partial charge in [-0.2, -0.15) is 0 Å². The summed E-state index contributed by atoms with van der Waals surface area (Å²) in [6.45, 7) is 10.00. The van der Waals surface area contributed by atoms with E-state index in [2.05, 4.69) is 29.0 Å². The number of amides is 1. The van der Waals surface area contributed by atoms with Crippen molar-refractivity contribution in [3.63, 3.8) is 0 Å². The molecule has 1 atom stereocenters. The van der Waals surface area contributed by atoms with Crippen LogP contribution in [0.15, 0.2) is 30.5 Å². The molecule has 1 amide bonds. The predicted molar refractivity (Wildman–Crippen MR) is 112 cm³/mol. The van der Waals surface area contributed by atoms with Crippen molar-refractivity contribution >= 4 is 16.8 Å². The van der Waals surface area contributed by atoms with Gasteiger partial charge in [0.25, 0.3) is 5.91 Å². The zero-order chi connectivity index (χ0) is 21.2. The van der Waals surface area contributed by atoms with Crippen molar-refractivity contribution in [3.05, 3.63) is 41.8 Å². The van der Waals surface area contributed by atoms with Gasteiger partial charge in [-0.3, -0.25) is 9.78 Å². The number of para-hydroxylation sites is 1. The first-order valence-corrected chi connectivity index (χ1v) is 10.3. The topological polar surface area (TPSA) is 45.2 Å². The van der Waals surface area contributed by atoms with Gasteiger partial charge in [-0.25, -0.2) is 8.78 Å². The number of nitrogens with one attached hydrogen (secondary N) is 1. The van der Waals surface area contributed by atoms with Gasteiger partial charge in [0.2, 0.25) is 0 Å². The van der Waals surface area contributed by atoms with Crippen LogP contribution in [0.4, 0.5) is 8.78 Å². The number of alkyl halides is 1. The highest BCUT2D eigenvalue weighted by molar-refractivity contribution is 5.97. The van der Waals surface area contributed by atoms with Gasteiger partial charge < -0.3 is 10.2 Å². The van der Waals surface area contributed by atoms with Crippen LogP contribution in [-0.4, -0.2) is 46.6 Å². The fourth-order valence-corrected chi connectivity index (χ4v) is 4.32. The highest BCUT2D eigenvalue weighted by Crippen LogP contribution is 2.28. The summed E-state index contributed by atoms with van der Waals surface area (Å²) in [7, 11) is 0. The molecule has 2 aromatic rings. The van der Waals surface area contributed by atoms with Gasteiger partial charge in [0.1, 0.15) is 17.0 Å². The monoisotopic (exact) mass is 403 g/mol. The highest BCUT2D eigenvalue weighted by atomic mass is 19.1. The first kappa shape index (κ1) is 21.6. The van der Waals surface area contributed by atoms with E-state index in [0.717, 1.165) is 6.42 Å². The number of halogens is 2. The second-order valence-corrected chi connectivity index (χ2v) is 9.34. The lowest BCUT2D eigenvalue weighted by molar-refractivity contribution is 0.0526. The number of hydrogen-bond donors (Lipinski definition) is 1. The average molecular weight is 404 g/mol. The normalized spacial score (nSPS) is 19.3. The van der Waals surface area contributed by atoms with Crippen molar-refractivity contribution in [1.29, 1.82) is 0 Å². The summed E-state index contributed by atoms with van der Waals surface area (Å²) in [6.07, 6.45) is 3.25. The zero-order valence-electron chi connectivity index (χ0n) is 17.8. The molecule has 1 fully saturated rings. The molecule has 0 saturated carbocycles. The van der Waals surface area contributed by atoms with Gasteiger partial charge in [0, 0.05) is 31.2 Å². The molecule has 6 heteroatoms. The van der Waals surface area contributed by atoms with Gasteiger partial charge in [-0.1, -0.05) is 26.0 Å². The Labute approximate surface area is 171 Å². The van der Waals surface area contributed by atoms with Crippen LogP contribution in [0.5, 0.6) is 0 Å². The number of carbonyl (C=O) groups excluding carboxylic acids is 1. The molecule has 29 heavy (non-hydrogen) atoms. The van der Waals surface area contributed by atoms with Crippen molar-refractivity contribution in [2.75, 3.05) is 19.6 Å². The molecule has 4 nitrogen and oxygen atoms in total. The number of fused-ring (bicyclic) bond motifs is 1. The summed E-state index contributed by atoms with van der Waals surface area (Å²) in [5.41, 5.74) is -0.878. The number of benzene rings is 1. The van der Waals surface area contributed by atoms with Crippen LogP contribution in [0.1, 0.15) is 57.3 Å². The zero-order valence-corrected chi connectivity index (χ0v) is 17.8. The Bertz CT molecular complexity index is 874. The molecule has 0 bridgehead atoms. The van der Waals surface area contributed by atoms with E-state index in [9.17, 15) is 13.6 Å². The molecule has 3 rings (SSSR count). The molecule has 0 spiro atoms. The van der Waals surface area contributed by atoms with Crippen molar-refractivity contribution in [3.8, 4) is 0 Å². The molecule has 1 aromatic heterocycles. The summed E-state index contributed by atoms with van der Waals surface area (Å²) in [6, 6.07) is 6.39. The molecule has 2 heterocycles. The largest absolute Gasteiger partial charge is 0.346 e. The smallest absolute Gasteiger partial charge is 0.253 e. The van der Waals surface area contributed by atoms with E-state index in [1.807, 2.05) is 6.92 Å². The fraction of sp³-hybridized carbons (Fsp3) is 0.565.